The van der Waals surface area contributed by atoms with Gasteiger partial charge in [-0.25, -0.2) is 0 Å². The number of hydrogen-bond donors (Lipinski definition) is 0. The van der Waals surface area contributed by atoms with Crippen molar-refractivity contribution in [2.75, 3.05) is 24.1 Å². The van der Waals surface area contributed by atoms with Crippen LogP contribution in [0.25, 0.3) is 0 Å². The van der Waals surface area contributed by atoms with Gasteiger partial charge in [0.2, 0.25) is 0 Å². The van der Waals surface area contributed by atoms with Gasteiger partial charge in [0.1, 0.15) is 0 Å². The molecule has 0 aliphatic heterocycles. The molecule has 0 unspecified atom stereocenters. The zero-order chi connectivity index (χ0) is 8.53. The van der Waals surface area contributed by atoms with E-state index >= 15 is 0 Å². The van der Waals surface area contributed by atoms with Crippen LogP contribution in [0.4, 0.5) is 0 Å². The molecule has 0 saturated carbocycles. The lowest BCUT2D eigenvalue weighted by Crippen LogP contribution is -2.25. The third-order valence-corrected chi connectivity index (χ3v) is 2.15. The Morgan fingerprint density at radius 3 is 2.09 bits per heavy atom. The molecule has 0 aliphatic carbocycles. The van der Waals surface area contributed by atoms with Crippen LogP contribution < -0.4 is 0 Å². The number of rotatable bonds is 7. The number of hydrogen-bond acceptors (Lipinski definition) is 1. The van der Waals surface area contributed by atoms with E-state index in [1.165, 1.54) is 10.8 Å². The van der Waals surface area contributed by atoms with Crippen molar-refractivity contribution in [1.29, 1.82) is 0 Å². The Balaban J connectivity index is 3.49. The standard InChI is InChI=1S/C9H16IN/c1-3-7-11(8-4-2)9-5-6-10/h3-4H,1-2,5-9H2. The Morgan fingerprint density at radius 2 is 1.73 bits per heavy atom. The molecule has 0 spiro atoms. The second-order valence-electron chi connectivity index (χ2n) is 2.38. The summed E-state index contributed by atoms with van der Waals surface area (Å²) in [6.07, 6.45) is 5.13. The maximum absolute atomic E-state index is 3.71. The highest BCUT2D eigenvalue weighted by Gasteiger charge is 1.97. The number of alkyl halides is 1. The highest BCUT2D eigenvalue weighted by Crippen LogP contribution is 1.95. The maximum Gasteiger partial charge on any atom is 0.0163 e. The van der Waals surface area contributed by atoms with Gasteiger partial charge >= 0.3 is 0 Å². The second-order valence-corrected chi connectivity index (χ2v) is 3.46. The summed E-state index contributed by atoms with van der Waals surface area (Å²) in [6.45, 7) is 10.5. The van der Waals surface area contributed by atoms with Gasteiger partial charge in [-0.05, 0) is 13.0 Å². The van der Waals surface area contributed by atoms with Crippen molar-refractivity contribution in [3.8, 4) is 0 Å². The maximum atomic E-state index is 3.71. The summed E-state index contributed by atoms with van der Waals surface area (Å²) in [6, 6.07) is 0. The molecule has 0 fully saturated rings. The highest BCUT2D eigenvalue weighted by atomic mass is 127. The van der Waals surface area contributed by atoms with Crippen LogP contribution in [0.2, 0.25) is 0 Å². The van der Waals surface area contributed by atoms with Crippen LogP contribution >= 0.6 is 22.6 Å². The Hall–Kier alpha value is 0.170. The molecule has 0 saturated heterocycles. The van der Waals surface area contributed by atoms with Gasteiger partial charge in [-0.3, -0.25) is 4.90 Å². The van der Waals surface area contributed by atoms with E-state index in [1.54, 1.807) is 0 Å². The molecule has 0 aliphatic rings. The molecule has 0 aromatic rings. The second kappa shape index (κ2) is 8.27. The van der Waals surface area contributed by atoms with Crippen LogP contribution in [0.15, 0.2) is 25.3 Å². The summed E-state index contributed by atoms with van der Waals surface area (Å²) in [5.41, 5.74) is 0. The summed E-state index contributed by atoms with van der Waals surface area (Å²) in [4.78, 5) is 2.33. The molecule has 0 bridgehead atoms. The molecule has 0 amide bonds. The number of halogens is 1. The fourth-order valence-electron chi connectivity index (χ4n) is 0.906. The van der Waals surface area contributed by atoms with Crippen LogP contribution in [0.5, 0.6) is 0 Å². The molecular formula is C9H16IN. The first-order valence-electron chi connectivity index (χ1n) is 3.85. The average molecular weight is 265 g/mol. The van der Waals surface area contributed by atoms with Crippen molar-refractivity contribution in [2.45, 2.75) is 6.42 Å². The Bertz CT molecular complexity index is 102. The van der Waals surface area contributed by atoms with E-state index in [-0.39, 0.29) is 0 Å². The van der Waals surface area contributed by atoms with E-state index in [9.17, 15) is 0 Å². The van der Waals surface area contributed by atoms with Crippen LogP contribution in [-0.2, 0) is 0 Å². The zero-order valence-electron chi connectivity index (χ0n) is 6.93. The summed E-state index contributed by atoms with van der Waals surface area (Å²) < 4.78 is 1.22. The van der Waals surface area contributed by atoms with Crippen molar-refractivity contribution >= 4 is 22.6 Å². The SMILES string of the molecule is C=CCN(CC=C)CCCI. The van der Waals surface area contributed by atoms with Crippen molar-refractivity contribution in [3.63, 3.8) is 0 Å². The lowest BCUT2D eigenvalue weighted by atomic mass is 10.4. The third kappa shape index (κ3) is 6.56. The van der Waals surface area contributed by atoms with Crippen molar-refractivity contribution in [2.24, 2.45) is 0 Å². The van der Waals surface area contributed by atoms with Crippen molar-refractivity contribution in [3.05, 3.63) is 25.3 Å². The third-order valence-electron chi connectivity index (χ3n) is 1.38. The van der Waals surface area contributed by atoms with E-state index in [1.807, 2.05) is 12.2 Å². The minimum Gasteiger partial charge on any atom is -0.296 e. The minimum atomic E-state index is 0.975. The van der Waals surface area contributed by atoms with Gasteiger partial charge in [-0.2, -0.15) is 0 Å². The molecular weight excluding hydrogens is 249 g/mol. The van der Waals surface area contributed by atoms with Gasteiger partial charge in [0.15, 0.2) is 0 Å². The summed E-state index contributed by atoms with van der Waals surface area (Å²) >= 11 is 2.40. The summed E-state index contributed by atoms with van der Waals surface area (Å²) in [5, 5.41) is 0. The molecule has 0 atom stereocenters. The lowest BCUT2D eigenvalue weighted by molar-refractivity contribution is 0.338. The molecule has 0 rings (SSSR count). The topological polar surface area (TPSA) is 3.24 Å². The molecule has 0 N–H and O–H groups in total. The summed E-state index contributed by atoms with van der Waals surface area (Å²) in [5.74, 6) is 0. The zero-order valence-corrected chi connectivity index (χ0v) is 9.09. The number of nitrogens with zero attached hydrogens (tertiary/aromatic N) is 1. The van der Waals surface area contributed by atoms with E-state index in [4.69, 9.17) is 0 Å². The van der Waals surface area contributed by atoms with Crippen LogP contribution in [0.3, 0.4) is 0 Å². The van der Waals surface area contributed by atoms with Crippen molar-refractivity contribution < 1.29 is 0 Å². The fraction of sp³-hybridized carbons (Fsp3) is 0.556. The van der Waals surface area contributed by atoms with E-state index in [0.717, 1.165) is 19.6 Å². The smallest absolute Gasteiger partial charge is 0.0163 e. The minimum absolute atomic E-state index is 0.975. The molecule has 64 valence electrons. The van der Waals surface area contributed by atoms with E-state index < -0.39 is 0 Å². The van der Waals surface area contributed by atoms with Crippen LogP contribution in [0.1, 0.15) is 6.42 Å². The van der Waals surface area contributed by atoms with Crippen molar-refractivity contribution in [1.82, 2.24) is 4.90 Å². The highest BCUT2D eigenvalue weighted by molar-refractivity contribution is 14.1. The van der Waals surface area contributed by atoms with Gasteiger partial charge in [0.05, 0.1) is 0 Å². The first-order chi connectivity index (χ1) is 5.35. The van der Waals surface area contributed by atoms with E-state index in [0.29, 0.717) is 0 Å². The Morgan fingerprint density at radius 1 is 1.18 bits per heavy atom. The lowest BCUT2D eigenvalue weighted by Gasteiger charge is -2.17. The molecule has 0 heterocycles. The molecule has 1 nitrogen and oxygen atoms in total. The van der Waals surface area contributed by atoms with Gasteiger partial charge in [-0.15, -0.1) is 13.2 Å². The predicted octanol–water partition coefficient (Wildman–Crippen LogP) is 2.49. The Kier molecular flexibility index (Phi) is 8.40. The van der Waals surface area contributed by atoms with Gasteiger partial charge in [0, 0.05) is 17.5 Å². The largest absolute Gasteiger partial charge is 0.296 e. The first kappa shape index (κ1) is 11.2. The molecule has 2 heteroatoms. The molecule has 11 heavy (non-hydrogen) atoms. The monoisotopic (exact) mass is 265 g/mol. The molecule has 0 aromatic carbocycles. The van der Waals surface area contributed by atoms with Crippen LogP contribution in [-0.4, -0.2) is 29.0 Å². The van der Waals surface area contributed by atoms with Gasteiger partial charge in [-0.1, -0.05) is 34.7 Å². The van der Waals surface area contributed by atoms with E-state index in [2.05, 4.69) is 40.6 Å². The molecule has 0 radical (unpaired) electrons. The van der Waals surface area contributed by atoms with Gasteiger partial charge < -0.3 is 0 Å². The predicted molar refractivity (Wildman–Crippen MR) is 60.3 cm³/mol. The van der Waals surface area contributed by atoms with Gasteiger partial charge in [0.25, 0.3) is 0 Å². The first-order valence-corrected chi connectivity index (χ1v) is 5.37. The molecule has 0 aromatic heterocycles. The summed E-state index contributed by atoms with van der Waals surface area (Å²) in [7, 11) is 0. The Labute approximate surface area is 83.3 Å². The normalized spacial score (nSPS) is 10.0. The fourth-order valence-corrected chi connectivity index (χ4v) is 1.25. The average Bonchev–Trinajstić information content (AvgIpc) is 2.01. The quantitative estimate of drug-likeness (QED) is 0.388. The van der Waals surface area contributed by atoms with Crippen LogP contribution in [0, 0.1) is 0 Å².